The van der Waals surface area contributed by atoms with Crippen molar-refractivity contribution in [1.82, 2.24) is 0 Å². The highest BCUT2D eigenvalue weighted by Gasteiger charge is 1.96. The maximum absolute atomic E-state index is 10.5. The van der Waals surface area contributed by atoms with Crippen LogP contribution in [0.25, 0.3) is 0 Å². The summed E-state index contributed by atoms with van der Waals surface area (Å²) < 4.78 is 0.858. The Bertz CT molecular complexity index is 157. The molecule has 56 valence electrons. The zero-order valence-corrected chi connectivity index (χ0v) is 7.42. The van der Waals surface area contributed by atoms with E-state index in [1.807, 2.05) is 12.5 Å². The molecule has 0 radical (unpaired) electrons. The van der Waals surface area contributed by atoms with Crippen LogP contribution < -0.4 is 0 Å². The van der Waals surface area contributed by atoms with E-state index >= 15 is 0 Å². The number of thioether (sulfide) groups is 2. The molecule has 0 amide bonds. The maximum atomic E-state index is 10.5. The van der Waals surface area contributed by atoms with Crippen molar-refractivity contribution in [3.05, 3.63) is 10.3 Å². The number of hydrogen-bond acceptors (Lipinski definition) is 4. The number of allylic oxidation sites excluding steroid dienone is 1. The summed E-state index contributed by atoms with van der Waals surface area (Å²) in [6.07, 6.45) is 5.37. The van der Waals surface area contributed by atoms with E-state index in [2.05, 4.69) is 0 Å². The van der Waals surface area contributed by atoms with Gasteiger partial charge in [-0.25, -0.2) is 0 Å². The number of carbonyl (C=O) groups excluding carboxylic acids is 2. The molecule has 0 unspecified atom stereocenters. The van der Waals surface area contributed by atoms with Gasteiger partial charge < -0.3 is 0 Å². The molecule has 0 heterocycles. The van der Waals surface area contributed by atoms with Gasteiger partial charge in [-0.2, -0.15) is 0 Å². The number of carbonyl (C=O) groups is 2. The molecule has 0 rings (SSSR count). The van der Waals surface area contributed by atoms with Gasteiger partial charge >= 0.3 is 0 Å². The van der Waals surface area contributed by atoms with Crippen molar-refractivity contribution < 1.29 is 9.59 Å². The quantitative estimate of drug-likeness (QED) is 0.367. The lowest BCUT2D eigenvalue weighted by Gasteiger charge is -1.93. The summed E-state index contributed by atoms with van der Waals surface area (Å²) in [6, 6.07) is 0. The molecule has 0 spiro atoms. The lowest BCUT2D eigenvalue weighted by molar-refractivity contribution is -0.126. The van der Waals surface area contributed by atoms with Crippen molar-refractivity contribution in [3.63, 3.8) is 0 Å². The van der Waals surface area contributed by atoms with Crippen LogP contribution in [0.15, 0.2) is 10.3 Å². The number of rotatable bonds is 4. The predicted octanol–water partition coefficient (Wildman–Crippen LogP) is 1.32. The van der Waals surface area contributed by atoms with Gasteiger partial charge in [0.25, 0.3) is 0 Å². The summed E-state index contributed by atoms with van der Waals surface area (Å²) >= 11 is 2.92. The topological polar surface area (TPSA) is 34.1 Å². The van der Waals surface area contributed by atoms with E-state index in [1.54, 1.807) is 0 Å². The fourth-order valence-electron chi connectivity index (χ4n) is 0.351. The van der Waals surface area contributed by atoms with Crippen LogP contribution in [0.4, 0.5) is 0 Å². The van der Waals surface area contributed by atoms with Crippen LogP contribution in [0.1, 0.15) is 0 Å². The zero-order chi connectivity index (χ0) is 7.98. The Morgan fingerprint density at radius 2 is 1.80 bits per heavy atom. The van der Waals surface area contributed by atoms with Crippen LogP contribution in [0.3, 0.4) is 0 Å². The summed E-state index contributed by atoms with van der Waals surface area (Å²) in [7, 11) is 0. The fourth-order valence-corrected chi connectivity index (χ4v) is 1.49. The molecule has 2 nitrogen and oxygen atoms in total. The van der Waals surface area contributed by atoms with Crippen molar-refractivity contribution in [2.24, 2.45) is 0 Å². The highest BCUT2D eigenvalue weighted by Crippen LogP contribution is 2.22. The van der Waals surface area contributed by atoms with E-state index in [1.165, 1.54) is 29.6 Å². The summed E-state index contributed by atoms with van der Waals surface area (Å²) in [6.45, 7) is 0. The first-order valence-electron chi connectivity index (χ1n) is 2.53. The minimum Gasteiger partial charge on any atom is -0.294 e. The molecule has 0 aliphatic rings. The van der Waals surface area contributed by atoms with Crippen LogP contribution >= 0.6 is 23.5 Å². The lowest BCUT2D eigenvalue weighted by Crippen LogP contribution is -1.92. The number of hydrogen-bond donors (Lipinski definition) is 0. The average molecular weight is 176 g/mol. The van der Waals surface area contributed by atoms with Gasteiger partial charge in [0, 0.05) is 10.3 Å². The summed E-state index contributed by atoms with van der Waals surface area (Å²) in [5.41, 5.74) is 0. The first kappa shape index (κ1) is 9.78. The SMILES string of the molecule is CSC(=CC(=O)C=O)SC. The summed E-state index contributed by atoms with van der Waals surface area (Å²) in [5.74, 6) is -0.473. The monoisotopic (exact) mass is 176 g/mol. The standard InChI is InChI=1S/C6H8O2S2/c1-9-6(10-2)3-5(8)4-7/h3-4H,1-2H3. The second-order valence-electron chi connectivity index (χ2n) is 1.39. The summed E-state index contributed by atoms with van der Waals surface area (Å²) in [5, 5.41) is 0. The van der Waals surface area contributed by atoms with Crippen molar-refractivity contribution in [2.45, 2.75) is 0 Å². The Balaban J connectivity index is 4.09. The number of ketones is 1. The molecule has 0 aliphatic carbocycles. The van der Waals surface area contributed by atoms with E-state index < -0.39 is 5.78 Å². The van der Waals surface area contributed by atoms with Crippen LogP contribution in [0, 0.1) is 0 Å². The maximum Gasteiger partial charge on any atom is 0.219 e. The smallest absolute Gasteiger partial charge is 0.219 e. The van der Waals surface area contributed by atoms with Crippen LogP contribution in [-0.2, 0) is 9.59 Å². The molecule has 0 aromatic heterocycles. The van der Waals surface area contributed by atoms with Gasteiger partial charge in [0.1, 0.15) is 0 Å². The molecule has 10 heavy (non-hydrogen) atoms. The van der Waals surface area contributed by atoms with E-state index in [0.717, 1.165) is 4.24 Å². The van der Waals surface area contributed by atoms with E-state index in [0.29, 0.717) is 6.29 Å². The first-order valence-corrected chi connectivity index (χ1v) is 4.98. The van der Waals surface area contributed by atoms with E-state index in [-0.39, 0.29) is 0 Å². The van der Waals surface area contributed by atoms with Crippen LogP contribution in [0.2, 0.25) is 0 Å². The molecule has 4 heteroatoms. The Labute approximate surface area is 68.4 Å². The highest BCUT2D eigenvalue weighted by molar-refractivity contribution is 8.21. The minimum atomic E-state index is -0.473. The fraction of sp³-hybridized carbons (Fsp3) is 0.333. The van der Waals surface area contributed by atoms with Gasteiger partial charge in [0.15, 0.2) is 6.29 Å². The molecular weight excluding hydrogens is 168 g/mol. The highest BCUT2D eigenvalue weighted by atomic mass is 32.2. The molecule has 0 bridgehead atoms. The third kappa shape index (κ3) is 3.74. The van der Waals surface area contributed by atoms with Gasteiger partial charge in [0.2, 0.25) is 5.78 Å². The molecule has 0 N–H and O–H groups in total. The second kappa shape index (κ2) is 5.56. The Hall–Kier alpha value is -0.220. The van der Waals surface area contributed by atoms with Gasteiger partial charge in [-0.3, -0.25) is 9.59 Å². The van der Waals surface area contributed by atoms with Gasteiger partial charge in [0.05, 0.1) is 0 Å². The van der Waals surface area contributed by atoms with Crippen LogP contribution in [0.5, 0.6) is 0 Å². The molecule has 0 atom stereocenters. The Morgan fingerprint density at radius 3 is 2.10 bits per heavy atom. The summed E-state index contributed by atoms with van der Waals surface area (Å²) in [4.78, 5) is 20.3. The lowest BCUT2D eigenvalue weighted by atomic mass is 10.4. The Kier molecular flexibility index (Phi) is 5.43. The molecule has 0 saturated carbocycles. The predicted molar refractivity (Wildman–Crippen MR) is 46.2 cm³/mol. The normalized spacial score (nSPS) is 8.60. The molecule has 0 saturated heterocycles. The average Bonchev–Trinajstić information content (AvgIpc) is 1.99. The Morgan fingerprint density at radius 1 is 1.30 bits per heavy atom. The van der Waals surface area contributed by atoms with Gasteiger partial charge in [-0.1, -0.05) is 0 Å². The van der Waals surface area contributed by atoms with Gasteiger partial charge in [-0.05, 0) is 12.5 Å². The molecule has 0 aromatic rings. The third-order valence-corrected chi connectivity index (χ3v) is 2.82. The van der Waals surface area contributed by atoms with Crippen molar-refractivity contribution in [1.29, 1.82) is 0 Å². The van der Waals surface area contributed by atoms with Crippen molar-refractivity contribution in [3.8, 4) is 0 Å². The largest absolute Gasteiger partial charge is 0.294 e. The molecule has 0 aromatic carbocycles. The third-order valence-electron chi connectivity index (χ3n) is 0.779. The molecule has 0 aliphatic heterocycles. The minimum absolute atomic E-state index is 0.312. The van der Waals surface area contributed by atoms with E-state index in [9.17, 15) is 9.59 Å². The zero-order valence-electron chi connectivity index (χ0n) is 5.79. The first-order chi connectivity index (χ1) is 4.74. The van der Waals surface area contributed by atoms with Crippen molar-refractivity contribution in [2.75, 3.05) is 12.5 Å². The van der Waals surface area contributed by atoms with E-state index in [4.69, 9.17) is 0 Å². The van der Waals surface area contributed by atoms with Crippen LogP contribution in [-0.4, -0.2) is 24.6 Å². The molecular formula is C6H8O2S2. The number of aldehydes is 1. The van der Waals surface area contributed by atoms with Gasteiger partial charge in [-0.15, -0.1) is 23.5 Å². The molecule has 0 fully saturated rings. The second-order valence-corrected chi connectivity index (χ2v) is 3.35. The van der Waals surface area contributed by atoms with Crippen molar-refractivity contribution >= 4 is 35.6 Å².